The summed E-state index contributed by atoms with van der Waals surface area (Å²) >= 11 is 2.68. The highest BCUT2D eigenvalue weighted by atomic mass is 32.2. The number of hydrogen-bond acceptors (Lipinski definition) is 5. The second kappa shape index (κ2) is 10.9. The molecule has 0 fully saturated rings. The predicted molar refractivity (Wildman–Crippen MR) is 102 cm³/mol. The van der Waals surface area contributed by atoms with E-state index in [0.717, 1.165) is 24.1 Å². The fourth-order valence-corrected chi connectivity index (χ4v) is 2.84. The van der Waals surface area contributed by atoms with Crippen LogP contribution >= 0.6 is 23.7 Å². The molecule has 2 aromatic carbocycles. The molecule has 0 radical (unpaired) electrons. The third kappa shape index (κ3) is 7.53. The van der Waals surface area contributed by atoms with Gasteiger partial charge in [0.25, 0.3) is 0 Å². The number of benzene rings is 2. The smallest absolute Gasteiger partial charge is 0.326 e. The second-order valence-electron chi connectivity index (χ2n) is 4.90. The van der Waals surface area contributed by atoms with Gasteiger partial charge in [0.2, 0.25) is 0 Å². The van der Waals surface area contributed by atoms with Gasteiger partial charge in [0.15, 0.2) is 5.78 Å². The van der Waals surface area contributed by atoms with Crippen molar-refractivity contribution in [2.24, 2.45) is 0 Å². The third-order valence-corrected chi connectivity index (χ3v) is 4.35. The van der Waals surface area contributed by atoms with Crippen LogP contribution in [0.4, 0.5) is 18.9 Å². The Labute approximate surface area is 158 Å². The van der Waals surface area contributed by atoms with E-state index >= 15 is 0 Å². The number of ketones is 1. The van der Waals surface area contributed by atoms with Crippen molar-refractivity contribution in [1.29, 1.82) is 0 Å². The van der Waals surface area contributed by atoms with Gasteiger partial charge in [-0.15, -0.1) is 0 Å². The molecule has 2 rings (SSSR count). The Morgan fingerprint density at radius 3 is 2.08 bits per heavy atom. The zero-order valence-corrected chi connectivity index (χ0v) is 15.8. The number of anilines is 1. The number of carbonyl (C=O) groups excluding carboxylic acids is 2. The topological polar surface area (TPSA) is 46.2 Å². The molecule has 1 N–H and O–H groups in total. The summed E-state index contributed by atoms with van der Waals surface area (Å²) < 4.78 is 40.5. The van der Waals surface area contributed by atoms with Crippen molar-refractivity contribution in [2.75, 3.05) is 16.7 Å². The molecule has 0 aliphatic heterocycles. The lowest BCUT2D eigenvalue weighted by Gasteiger charge is -2.09. The van der Waals surface area contributed by atoms with Gasteiger partial charge in [-0.2, -0.15) is 24.9 Å². The van der Waals surface area contributed by atoms with Crippen LogP contribution in [0.25, 0.3) is 0 Å². The first-order chi connectivity index (χ1) is 12.3. The summed E-state index contributed by atoms with van der Waals surface area (Å²) in [4.78, 5) is 21.2. The van der Waals surface area contributed by atoms with Crippen LogP contribution in [-0.2, 0) is 11.0 Å². The molecule has 26 heavy (non-hydrogen) atoms. The molecule has 0 saturated carbocycles. The molecular weight excluding hydrogens is 383 g/mol. The molecule has 0 aromatic heterocycles. The molecule has 0 unspecified atom stereocenters. The minimum Gasteiger partial charge on any atom is -0.326 e. The van der Waals surface area contributed by atoms with Crippen LogP contribution in [0.2, 0.25) is 0 Å². The Bertz CT molecular complexity index is 702. The number of halogens is 3. The first kappa shape index (κ1) is 22.1. The monoisotopic (exact) mass is 401 g/mol. The molecule has 0 spiro atoms. The molecule has 3 nitrogen and oxygen atoms in total. The van der Waals surface area contributed by atoms with Crippen LogP contribution in [0.5, 0.6) is 0 Å². The highest BCUT2D eigenvalue weighted by molar-refractivity contribution is 8.00. The summed E-state index contributed by atoms with van der Waals surface area (Å²) in [6.07, 6.45) is -1.70. The largest absolute Gasteiger partial charge is 0.416 e. The van der Waals surface area contributed by atoms with Gasteiger partial charge in [-0.1, -0.05) is 0 Å². The lowest BCUT2D eigenvalue weighted by molar-refractivity contribution is -0.137. The van der Waals surface area contributed by atoms with Crippen LogP contribution in [0, 0.1) is 0 Å². The standard InChI is InChI=1S/C16H14F3NOS2.C2H4O/c1-22-10-15(21)11-2-6-13(7-3-11)20-23-14-8-4-12(5-9-14)16(17,18)19;1-2-3/h2-9,20H,10H2,1H3;2H,1H3. The number of hydrogen-bond donors (Lipinski definition) is 1. The summed E-state index contributed by atoms with van der Waals surface area (Å²) in [6, 6.07) is 11.9. The first-order valence-corrected chi connectivity index (χ1v) is 9.65. The Morgan fingerprint density at radius 2 is 1.62 bits per heavy atom. The highest BCUT2D eigenvalue weighted by Crippen LogP contribution is 2.31. The molecule has 0 amide bonds. The van der Waals surface area contributed by atoms with Gasteiger partial charge in [-0.05, 0) is 73.7 Å². The average molecular weight is 401 g/mol. The first-order valence-electron chi connectivity index (χ1n) is 7.44. The maximum Gasteiger partial charge on any atom is 0.416 e. The van der Waals surface area contributed by atoms with Crippen LogP contribution in [0.15, 0.2) is 53.4 Å². The van der Waals surface area contributed by atoms with Crippen molar-refractivity contribution in [2.45, 2.75) is 18.0 Å². The van der Waals surface area contributed by atoms with Crippen LogP contribution in [0.3, 0.4) is 0 Å². The molecule has 0 heterocycles. The van der Waals surface area contributed by atoms with Gasteiger partial charge in [0.05, 0.1) is 11.3 Å². The van der Waals surface area contributed by atoms with Crippen LogP contribution in [-0.4, -0.2) is 24.1 Å². The summed E-state index contributed by atoms with van der Waals surface area (Å²) in [5.41, 5.74) is 0.749. The Balaban J connectivity index is 0.00000105. The van der Waals surface area contributed by atoms with E-state index in [1.165, 1.54) is 42.8 Å². The van der Waals surface area contributed by atoms with E-state index in [1.54, 1.807) is 24.3 Å². The minimum absolute atomic E-state index is 0.0689. The molecular formula is C18H18F3NO2S2. The summed E-state index contributed by atoms with van der Waals surface area (Å²) in [5.74, 6) is 0.507. The number of Topliss-reactive ketones (excluding diaryl/α,β-unsaturated/α-hetero) is 1. The second-order valence-corrected chi connectivity index (χ2v) is 6.64. The number of aldehydes is 1. The zero-order valence-electron chi connectivity index (χ0n) is 14.2. The maximum atomic E-state index is 12.5. The van der Waals surface area contributed by atoms with Gasteiger partial charge in [0.1, 0.15) is 6.29 Å². The van der Waals surface area contributed by atoms with E-state index in [0.29, 0.717) is 16.2 Å². The lowest BCUT2D eigenvalue weighted by Crippen LogP contribution is -2.04. The molecule has 140 valence electrons. The summed E-state index contributed by atoms with van der Waals surface area (Å²) in [7, 11) is 0. The molecule has 0 aliphatic carbocycles. The van der Waals surface area contributed by atoms with Crippen LogP contribution in [0.1, 0.15) is 22.8 Å². The van der Waals surface area contributed by atoms with E-state index in [2.05, 4.69) is 4.72 Å². The van der Waals surface area contributed by atoms with E-state index in [9.17, 15) is 18.0 Å². The highest BCUT2D eigenvalue weighted by Gasteiger charge is 2.29. The lowest BCUT2D eigenvalue weighted by atomic mass is 10.1. The Morgan fingerprint density at radius 1 is 1.08 bits per heavy atom. The van der Waals surface area contributed by atoms with Crippen molar-refractivity contribution < 1.29 is 22.8 Å². The Kier molecular flexibility index (Phi) is 9.29. The minimum atomic E-state index is -4.32. The number of thioether (sulfide) groups is 1. The maximum absolute atomic E-state index is 12.5. The molecule has 0 saturated heterocycles. The van der Waals surface area contributed by atoms with Crippen molar-refractivity contribution >= 4 is 41.5 Å². The fraction of sp³-hybridized carbons (Fsp3) is 0.222. The number of alkyl halides is 3. The Hall–Kier alpha value is -1.93. The van der Waals surface area contributed by atoms with E-state index < -0.39 is 11.7 Å². The number of rotatable bonds is 6. The SMILES string of the molecule is CC=O.CSCC(=O)c1ccc(NSc2ccc(C(F)(F)F)cc2)cc1. The molecule has 8 heteroatoms. The average Bonchev–Trinajstić information content (AvgIpc) is 2.61. The van der Waals surface area contributed by atoms with Gasteiger partial charge < -0.3 is 9.52 Å². The van der Waals surface area contributed by atoms with Gasteiger partial charge in [0, 0.05) is 16.1 Å². The van der Waals surface area contributed by atoms with Gasteiger partial charge in [-0.25, -0.2) is 0 Å². The molecule has 0 atom stereocenters. The zero-order chi connectivity index (χ0) is 19.6. The normalized spacial score (nSPS) is 10.5. The molecule has 2 aromatic rings. The van der Waals surface area contributed by atoms with E-state index in [4.69, 9.17) is 4.79 Å². The fourth-order valence-electron chi connectivity index (χ4n) is 1.77. The van der Waals surface area contributed by atoms with Gasteiger partial charge in [-0.3, -0.25) is 4.79 Å². The molecule has 0 aliphatic rings. The molecule has 0 bridgehead atoms. The summed E-state index contributed by atoms with van der Waals surface area (Å²) in [6.45, 7) is 1.44. The van der Waals surface area contributed by atoms with Crippen molar-refractivity contribution in [3.05, 3.63) is 59.7 Å². The van der Waals surface area contributed by atoms with Crippen LogP contribution < -0.4 is 4.72 Å². The van der Waals surface area contributed by atoms with E-state index in [1.807, 2.05) is 6.26 Å². The third-order valence-electron chi connectivity index (χ3n) is 2.95. The van der Waals surface area contributed by atoms with Gasteiger partial charge >= 0.3 is 6.18 Å². The number of carbonyl (C=O) groups is 2. The quantitative estimate of drug-likeness (QED) is 0.389. The van der Waals surface area contributed by atoms with Crippen molar-refractivity contribution in [3.8, 4) is 0 Å². The summed E-state index contributed by atoms with van der Waals surface area (Å²) in [5, 5.41) is 0. The predicted octanol–water partition coefficient (Wildman–Crippen LogP) is 5.58. The van der Waals surface area contributed by atoms with Crippen molar-refractivity contribution in [3.63, 3.8) is 0 Å². The van der Waals surface area contributed by atoms with E-state index in [-0.39, 0.29) is 5.78 Å². The van der Waals surface area contributed by atoms with Crippen molar-refractivity contribution in [1.82, 2.24) is 0 Å². The number of nitrogens with one attached hydrogen (secondary N) is 1.